The average Bonchev–Trinajstić information content (AvgIpc) is 2.70. The summed E-state index contributed by atoms with van der Waals surface area (Å²) in [5.41, 5.74) is 0.884. The standard InChI is InChI=1S/C22H19NO4S/c1-16-13-14-21(27-17(2)24)20(15-16)22(25)23-28(26,18-9-5-3-6-10-18)19-11-7-4-8-12-19/h3-15H,1-2H3. The lowest BCUT2D eigenvalue weighted by molar-refractivity contribution is -0.131. The number of ether oxygens (including phenoxy) is 1. The number of esters is 1. The molecule has 5 nitrogen and oxygen atoms in total. The van der Waals surface area contributed by atoms with E-state index in [0.29, 0.717) is 9.79 Å². The van der Waals surface area contributed by atoms with Crippen molar-refractivity contribution in [2.75, 3.05) is 0 Å². The van der Waals surface area contributed by atoms with Gasteiger partial charge in [0.05, 0.1) is 15.4 Å². The quantitative estimate of drug-likeness (QED) is 0.478. The molecule has 28 heavy (non-hydrogen) atoms. The summed E-state index contributed by atoms with van der Waals surface area (Å²) in [6.45, 7) is 3.06. The SMILES string of the molecule is CC(=O)Oc1ccc(C)cc1C(=O)N=S(=O)(c1ccccc1)c1ccccc1. The van der Waals surface area contributed by atoms with Gasteiger partial charge in [0.15, 0.2) is 0 Å². The molecule has 0 aliphatic rings. The van der Waals surface area contributed by atoms with Crippen LogP contribution in [-0.2, 0) is 14.5 Å². The molecule has 1 amide bonds. The van der Waals surface area contributed by atoms with E-state index in [4.69, 9.17) is 4.74 Å². The molecule has 3 rings (SSSR count). The van der Waals surface area contributed by atoms with Crippen molar-refractivity contribution in [2.24, 2.45) is 4.36 Å². The maximum atomic E-state index is 13.9. The lowest BCUT2D eigenvalue weighted by atomic mass is 10.1. The van der Waals surface area contributed by atoms with Gasteiger partial charge < -0.3 is 4.74 Å². The Kier molecular flexibility index (Phi) is 5.70. The van der Waals surface area contributed by atoms with Gasteiger partial charge in [0.1, 0.15) is 15.5 Å². The molecule has 0 aliphatic carbocycles. The van der Waals surface area contributed by atoms with Crippen LogP contribution in [0.2, 0.25) is 0 Å². The van der Waals surface area contributed by atoms with Crippen molar-refractivity contribution in [1.29, 1.82) is 0 Å². The lowest BCUT2D eigenvalue weighted by Gasteiger charge is -2.12. The fraction of sp³-hybridized carbons (Fsp3) is 0.0909. The molecule has 0 heterocycles. The predicted molar refractivity (Wildman–Crippen MR) is 107 cm³/mol. The molecular weight excluding hydrogens is 374 g/mol. The normalized spacial score (nSPS) is 10.9. The van der Waals surface area contributed by atoms with E-state index in [2.05, 4.69) is 4.36 Å². The van der Waals surface area contributed by atoms with E-state index in [-0.39, 0.29) is 11.3 Å². The maximum absolute atomic E-state index is 13.9. The molecule has 0 spiro atoms. The number of carbonyl (C=O) groups excluding carboxylic acids is 2. The van der Waals surface area contributed by atoms with Gasteiger partial charge in [-0.05, 0) is 43.3 Å². The summed E-state index contributed by atoms with van der Waals surface area (Å²) in [4.78, 5) is 25.3. The van der Waals surface area contributed by atoms with E-state index < -0.39 is 21.6 Å². The molecule has 0 aliphatic heterocycles. The number of nitrogens with zero attached hydrogens (tertiary/aromatic N) is 1. The Hall–Kier alpha value is -3.25. The van der Waals surface area contributed by atoms with E-state index in [1.54, 1.807) is 79.7 Å². The molecule has 0 N–H and O–H groups in total. The van der Waals surface area contributed by atoms with Gasteiger partial charge >= 0.3 is 5.97 Å². The highest BCUT2D eigenvalue weighted by molar-refractivity contribution is 7.94. The van der Waals surface area contributed by atoms with Crippen molar-refractivity contribution >= 4 is 21.6 Å². The van der Waals surface area contributed by atoms with Crippen LogP contribution in [0.5, 0.6) is 5.75 Å². The van der Waals surface area contributed by atoms with Crippen LogP contribution in [0.3, 0.4) is 0 Å². The molecule has 142 valence electrons. The second-order valence-corrected chi connectivity index (χ2v) is 8.32. The van der Waals surface area contributed by atoms with E-state index in [1.165, 1.54) is 13.0 Å². The summed E-state index contributed by atoms with van der Waals surface area (Å²) in [5, 5.41) is 0. The monoisotopic (exact) mass is 393 g/mol. The molecule has 0 saturated carbocycles. The largest absolute Gasteiger partial charge is 0.426 e. The van der Waals surface area contributed by atoms with Crippen LogP contribution in [0.15, 0.2) is 93.0 Å². The Labute approximate surface area is 164 Å². The van der Waals surface area contributed by atoms with Gasteiger partial charge in [-0.3, -0.25) is 9.59 Å². The number of benzene rings is 3. The molecule has 0 fully saturated rings. The van der Waals surface area contributed by atoms with Gasteiger partial charge in [0, 0.05) is 6.92 Å². The summed E-state index contributed by atoms with van der Waals surface area (Å²) >= 11 is 0. The molecule has 0 atom stereocenters. The number of aryl methyl sites for hydroxylation is 1. The number of hydrogen-bond donors (Lipinski definition) is 0. The molecule has 0 radical (unpaired) electrons. The molecule has 6 heteroatoms. The van der Waals surface area contributed by atoms with Gasteiger partial charge in [-0.15, -0.1) is 4.36 Å². The number of hydrogen-bond acceptors (Lipinski definition) is 4. The molecule has 0 unspecified atom stereocenters. The van der Waals surface area contributed by atoms with Gasteiger partial charge in [0.2, 0.25) is 0 Å². The van der Waals surface area contributed by atoms with E-state index >= 15 is 0 Å². The number of amides is 1. The van der Waals surface area contributed by atoms with Crippen LogP contribution in [-0.4, -0.2) is 16.1 Å². The Morgan fingerprint density at radius 1 is 0.857 bits per heavy atom. The fourth-order valence-corrected chi connectivity index (χ4v) is 4.54. The zero-order chi connectivity index (χ0) is 20.1. The van der Waals surface area contributed by atoms with Crippen LogP contribution in [0.1, 0.15) is 22.8 Å². The zero-order valence-corrected chi connectivity index (χ0v) is 16.3. The lowest BCUT2D eigenvalue weighted by Crippen LogP contribution is -2.10. The average molecular weight is 393 g/mol. The van der Waals surface area contributed by atoms with Crippen LogP contribution >= 0.6 is 0 Å². The summed E-state index contributed by atoms with van der Waals surface area (Å²) in [5.74, 6) is -1.17. The summed E-state index contributed by atoms with van der Waals surface area (Å²) in [6.07, 6.45) is 0. The third-order valence-electron chi connectivity index (χ3n) is 3.96. The van der Waals surface area contributed by atoms with Gasteiger partial charge in [-0.1, -0.05) is 48.0 Å². The molecular formula is C22H19NO4S. The Morgan fingerprint density at radius 2 is 1.39 bits per heavy atom. The second kappa shape index (κ2) is 8.19. The zero-order valence-electron chi connectivity index (χ0n) is 15.5. The highest BCUT2D eigenvalue weighted by Crippen LogP contribution is 2.27. The molecule has 0 bridgehead atoms. The van der Waals surface area contributed by atoms with Crippen molar-refractivity contribution in [3.8, 4) is 5.75 Å². The molecule has 3 aromatic carbocycles. The van der Waals surface area contributed by atoms with Crippen LogP contribution in [0.25, 0.3) is 0 Å². The Morgan fingerprint density at radius 3 is 1.89 bits per heavy atom. The highest BCUT2D eigenvalue weighted by Gasteiger charge is 2.21. The van der Waals surface area contributed by atoms with Crippen LogP contribution in [0, 0.1) is 6.92 Å². The minimum Gasteiger partial charge on any atom is -0.426 e. The highest BCUT2D eigenvalue weighted by atomic mass is 32.2. The smallest absolute Gasteiger partial charge is 0.308 e. The summed E-state index contributed by atoms with van der Waals surface area (Å²) in [6, 6.07) is 22.1. The molecule has 0 aromatic heterocycles. The van der Waals surface area contributed by atoms with Crippen molar-refractivity contribution in [2.45, 2.75) is 23.6 Å². The van der Waals surface area contributed by atoms with Crippen LogP contribution < -0.4 is 4.74 Å². The summed E-state index contributed by atoms with van der Waals surface area (Å²) in [7, 11) is -3.22. The van der Waals surface area contributed by atoms with Crippen molar-refractivity contribution in [3.05, 3.63) is 90.0 Å². The number of rotatable bonds is 4. The predicted octanol–water partition coefficient (Wildman–Crippen LogP) is 4.65. The first-order chi connectivity index (χ1) is 13.4. The Bertz CT molecular complexity index is 1090. The first-order valence-electron chi connectivity index (χ1n) is 8.61. The van der Waals surface area contributed by atoms with Gasteiger partial charge in [0.25, 0.3) is 5.91 Å². The molecule has 0 saturated heterocycles. The van der Waals surface area contributed by atoms with Gasteiger partial charge in [-0.2, -0.15) is 0 Å². The van der Waals surface area contributed by atoms with E-state index in [9.17, 15) is 13.8 Å². The first kappa shape index (κ1) is 19.5. The summed E-state index contributed by atoms with van der Waals surface area (Å²) < 4.78 is 23.2. The maximum Gasteiger partial charge on any atom is 0.308 e. The van der Waals surface area contributed by atoms with Gasteiger partial charge in [-0.25, -0.2) is 4.21 Å². The minimum absolute atomic E-state index is 0.0923. The fourth-order valence-electron chi connectivity index (χ4n) is 2.67. The van der Waals surface area contributed by atoms with E-state index in [1.807, 2.05) is 0 Å². The van der Waals surface area contributed by atoms with Crippen molar-refractivity contribution in [1.82, 2.24) is 0 Å². The van der Waals surface area contributed by atoms with Crippen molar-refractivity contribution < 1.29 is 18.5 Å². The third kappa shape index (κ3) is 4.18. The molecule has 3 aromatic rings. The van der Waals surface area contributed by atoms with Crippen molar-refractivity contribution in [3.63, 3.8) is 0 Å². The second-order valence-electron chi connectivity index (χ2n) is 6.14. The first-order valence-corrected chi connectivity index (χ1v) is 10.1. The minimum atomic E-state index is -3.22. The topological polar surface area (TPSA) is 72.8 Å². The number of carbonyl (C=O) groups is 2. The van der Waals surface area contributed by atoms with Crippen LogP contribution in [0.4, 0.5) is 0 Å². The van der Waals surface area contributed by atoms with E-state index in [0.717, 1.165) is 5.56 Å². The Balaban J connectivity index is 2.20. The third-order valence-corrected chi connectivity index (χ3v) is 6.20.